The Morgan fingerprint density at radius 2 is 2.10 bits per heavy atom. The van der Waals surface area contributed by atoms with Gasteiger partial charge in [-0.2, -0.15) is 4.31 Å². The second-order valence-electron chi connectivity index (χ2n) is 4.61. The number of hydrogen-bond acceptors (Lipinski definition) is 5. The van der Waals surface area contributed by atoms with Crippen LogP contribution in [0.15, 0.2) is 23.4 Å². The van der Waals surface area contributed by atoms with Crippen LogP contribution in [0.2, 0.25) is 0 Å². The zero-order valence-electron chi connectivity index (χ0n) is 11.5. The Morgan fingerprint density at radius 1 is 1.35 bits per heavy atom. The maximum absolute atomic E-state index is 12.6. The molecule has 0 aliphatic carbocycles. The molecular weight excluding hydrogens is 280 g/mol. The Kier molecular flexibility index (Phi) is 4.24. The van der Waals surface area contributed by atoms with Gasteiger partial charge in [-0.15, -0.1) is 0 Å². The first-order chi connectivity index (χ1) is 9.46. The standard InChI is InChI=1S/C12H18N4O3S/c1-13-10-5-3-6-14-12(10)20(18,19)16-8-4-7-15(2)11(17)9-16/h3,5-6,13H,4,7-9H2,1-2H3. The SMILES string of the molecule is CNc1cccnc1S(=O)(=O)N1CCCN(C)C(=O)C1. The van der Waals surface area contributed by atoms with Crippen LogP contribution in [0.1, 0.15) is 6.42 Å². The van der Waals surface area contributed by atoms with Gasteiger partial charge in [-0.05, 0) is 18.6 Å². The smallest absolute Gasteiger partial charge is 0.263 e. The molecule has 1 aliphatic heterocycles. The lowest BCUT2D eigenvalue weighted by atomic mass is 10.4. The monoisotopic (exact) mass is 298 g/mol. The fraction of sp³-hybridized carbons (Fsp3) is 0.500. The molecule has 1 N–H and O–H groups in total. The quantitative estimate of drug-likeness (QED) is 0.848. The van der Waals surface area contributed by atoms with E-state index < -0.39 is 10.0 Å². The summed E-state index contributed by atoms with van der Waals surface area (Å²) in [5.41, 5.74) is 0.428. The zero-order chi connectivity index (χ0) is 14.8. The number of nitrogens with zero attached hydrogens (tertiary/aromatic N) is 3. The molecule has 7 nitrogen and oxygen atoms in total. The Bertz CT molecular complexity index is 602. The maximum atomic E-state index is 12.6. The molecule has 1 aromatic rings. The van der Waals surface area contributed by atoms with Crippen molar-refractivity contribution < 1.29 is 13.2 Å². The molecule has 20 heavy (non-hydrogen) atoms. The number of carbonyl (C=O) groups excluding carboxylic acids is 1. The van der Waals surface area contributed by atoms with Crippen molar-refractivity contribution >= 4 is 21.6 Å². The molecule has 1 amide bonds. The van der Waals surface area contributed by atoms with Gasteiger partial charge < -0.3 is 10.2 Å². The number of sulfonamides is 1. The highest BCUT2D eigenvalue weighted by atomic mass is 32.2. The summed E-state index contributed by atoms with van der Waals surface area (Å²) in [7, 11) is -0.457. The van der Waals surface area contributed by atoms with E-state index in [1.165, 1.54) is 10.5 Å². The number of amides is 1. The average Bonchev–Trinajstić information content (AvgIpc) is 2.61. The van der Waals surface area contributed by atoms with E-state index in [0.717, 1.165) is 0 Å². The predicted molar refractivity (Wildman–Crippen MR) is 74.8 cm³/mol. The van der Waals surface area contributed by atoms with Crippen LogP contribution in [0.5, 0.6) is 0 Å². The van der Waals surface area contributed by atoms with Crippen LogP contribution in [0.4, 0.5) is 5.69 Å². The molecule has 1 aromatic heterocycles. The number of pyridine rings is 1. The van der Waals surface area contributed by atoms with E-state index >= 15 is 0 Å². The molecule has 1 fully saturated rings. The number of aromatic nitrogens is 1. The van der Waals surface area contributed by atoms with Crippen LogP contribution >= 0.6 is 0 Å². The van der Waals surface area contributed by atoms with E-state index in [0.29, 0.717) is 25.2 Å². The minimum Gasteiger partial charge on any atom is -0.386 e. The van der Waals surface area contributed by atoms with Gasteiger partial charge in [0.15, 0.2) is 5.03 Å². The summed E-state index contributed by atoms with van der Waals surface area (Å²) in [6, 6.07) is 3.30. The second-order valence-corrected chi connectivity index (χ2v) is 6.47. The largest absolute Gasteiger partial charge is 0.386 e. The lowest BCUT2D eigenvalue weighted by Gasteiger charge is -2.20. The summed E-state index contributed by atoms with van der Waals surface area (Å²) in [4.78, 5) is 17.3. The third kappa shape index (κ3) is 2.75. The van der Waals surface area contributed by atoms with Crippen molar-refractivity contribution in [3.05, 3.63) is 18.3 Å². The molecule has 1 aliphatic rings. The van der Waals surface area contributed by atoms with E-state index in [1.807, 2.05) is 0 Å². The van der Waals surface area contributed by atoms with Crippen molar-refractivity contribution in [3.63, 3.8) is 0 Å². The van der Waals surface area contributed by atoms with E-state index in [2.05, 4.69) is 10.3 Å². The number of carbonyl (C=O) groups is 1. The van der Waals surface area contributed by atoms with Gasteiger partial charge in [0.05, 0.1) is 12.2 Å². The number of likely N-dealkylation sites (N-methyl/N-ethyl adjacent to an activating group) is 1. The van der Waals surface area contributed by atoms with Gasteiger partial charge in [0.1, 0.15) is 0 Å². The summed E-state index contributed by atoms with van der Waals surface area (Å²) < 4.78 is 26.4. The van der Waals surface area contributed by atoms with Crippen molar-refractivity contribution in [3.8, 4) is 0 Å². The molecule has 110 valence electrons. The van der Waals surface area contributed by atoms with Crippen LogP contribution < -0.4 is 5.32 Å². The fourth-order valence-corrected chi connectivity index (χ4v) is 3.61. The van der Waals surface area contributed by atoms with E-state index in [9.17, 15) is 13.2 Å². The number of nitrogens with one attached hydrogen (secondary N) is 1. The Balaban J connectivity index is 2.37. The highest BCUT2D eigenvalue weighted by molar-refractivity contribution is 7.89. The van der Waals surface area contributed by atoms with Gasteiger partial charge in [0.25, 0.3) is 10.0 Å². The van der Waals surface area contributed by atoms with Gasteiger partial charge in [-0.25, -0.2) is 13.4 Å². The van der Waals surface area contributed by atoms with Crippen LogP contribution in [0.3, 0.4) is 0 Å². The van der Waals surface area contributed by atoms with Crippen molar-refractivity contribution in [2.24, 2.45) is 0 Å². The first-order valence-corrected chi connectivity index (χ1v) is 7.77. The van der Waals surface area contributed by atoms with Crippen molar-refractivity contribution in [2.75, 3.05) is 39.0 Å². The van der Waals surface area contributed by atoms with Crippen LogP contribution in [-0.4, -0.2) is 62.2 Å². The summed E-state index contributed by atoms with van der Waals surface area (Å²) in [6.07, 6.45) is 2.04. The minimum absolute atomic E-state index is 0.0418. The lowest BCUT2D eigenvalue weighted by Crippen LogP contribution is -2.38. The number of rotatable bonds is 3. The molecule has 0 spiro atoms. The van der Waals surface area contributed by atoms with Gasteiger partial charge in [-0.1, -0.05) is 0 Å². The number of hydrogen-bond donors (Lipinski definition) is 1. The Morgan fingerprint density at radius 3 is 2.80 bits per heavy atom. The van der Waals surface area contributed by atoms with Crippen molar-refractivity contribution in [1.82, 2.24) is 14.2 Å². The molecule has 0 saturated carbocycles. The van der Waals surface area contributed by atoms with Gasteiger partial charge in [-0.3, -0.25) is 4.79 Å². The van der Waals surface area contributed by atoms with Crippen LogP contribution in [0.25, 0.3) is 0 Å². The molecule has 1 saturated heterocycles. The highest BCUT2D eigenvalue weighted by Crippen LogP contribution is 2.22. The van der Waals surface area contributed by atoms with Crippen molar-refractivity contribution in [2.45, 2.75) is 11.4 Å². The number of anilines is 1. The Hall–Kier alpha value is -1.67. The molecule has 2 heterocycles. The molecule has 0 atom stereocenters. The van der Waals surface area contributed by atoms with E-state index in [-0.39, 0.29) is 17.5 Å². The minimum atomic E-state index is -3.77. The summed E-state index contributed by atoms with van der Waals surface area (Å²) in [6.45, 7) is 0.739. The molecular formula is C12H18N4O3S. The molecule has 0 bridgehead atoms. The third-order valence-electron chi connectivity index (χ3n) is 3.26. The van der Waals surface area contributed by atoms with Gasteiger partial charge in [0, 0.05) is 33.4 Å². The van der Waals surface area contributed by atoms with E-state index in [1.54, 1.807) is 31.1 Å². The summed E-state index contributed by atoms with van der Waals surface area (Å²) >= 11 is 0. The van der Waals surface area contributed by atoms with Crippen molar-refractivity contribution in [1.29, 1.82) is 0 Å². The zero-order valence-corrected chi connectivity index (χ0v) is 12.4. The van der Waals surface area contributed by atoms with Gasteiger partial charge in [0.2, 0.25) is 5.91 Å². The Labute approximate surface area is 118 Å². The van der Waals surface area contributed by atoms with Crippen LogP contribution in [-0.2, 0) is 14.8 Å². The predicted octanol–water partition coefficient (Wildman–Crippen LogP) is -0.0239. The third-order valence-corrected chi connectivity index (χ3v) is 5.07. The molecule has 0 unspecified atom stereocenters. The lowest BCUT2D eigenvalue weighted by molar-refractivity contribution is -0.129. The average molecular weight is 298 g/mol. The molecule has 8 heteroatoms. The molecule has 0 radical (unpaired) electrons. The fourth-order valence-electron chi connectivity index (χ4n) is 2.07. The molecule has 0 aromatic carbocycles. The first kappa shape index (κ1) is 14.7. The normalized spacial score (nSPS) is 17.9. The van der Waals surface area contributed by atoms with Crippen LogP contribution in [0, 0.1) is 0 Å². The second kappa shape index (κ2) is 5.76. The first-order valence-electron chi connectivity index (χ1n) is 6.33. The maximum Gasteiger partial charge on any atom is 0.263 e. The highest BCUT2D eigenvalue weighted by Gasteiger charge is 2.32. The van der Waals surface area contributed by atoms with E-state index in [4.69, 9.17) is 0 Å². The topological polar surface area (TPSA) is 82.6 Å². The summed E-state index contributed by atoms with van der Waals surface area (Å²) in [5, 5.41) is 2.77. The van der Waals surface area contributed by atoms with Gasteiger partial charge >= 0.3 is 0 Å². The summed E-state index contributed by atoms with van der Waals surface area (Å²) in [5.74, 6) is -0.201. The molecule has 2 rings (SSSR count).